The van der Waals surface area contributed by atoms with Gasteiger partial charge in [-0.05, 0) is 72.2 Å². The summed E-state index contributed by atoms with van der Waals surface area (Å²) in [5.41, 5.74) is 2.49. The number of pyridine rings is 1. The third-order valence-electron chi connectivity index (χ3n) is 8.28. The van der Waals surface area contributed by atoms with Crippen LogP contribution >= 0.6 is 22.6 Å². The van der Waals surface area contributed by atoms with Gasteiger partial charge in [0.15, 0.2) is 0 Å². The number of carbonyl (C=O) groups excluding carboxylic acids is 2. The summed E-state index contributed by atoms with van der Waals surface area (Å²) in [6.45, 7) is 1.28. The average molecular weight is 738 g/mol. The van der Waals surface area contributed by atoms with E-state index in [1.165, 1.54) is 29.8 Å². The fourth-order valence-electron chi connectivity index (χ4n) is 5.75. The number of likely N-dealkylation sites (tertiary alicyclic amines) is 1. The second kappa shape index (κ2) is 15.5. The van der Waals surface area contributed by atoms with Gasteiger partial charge in [0.2, 0.25) is 11.8 Å². The summed E-state index contributed by atoms with van der Waals surface area (Å²) in [5, 5.41) is 0. The monoisotopic (exact) mass is 737 g/mol. The molecule has 0 N–H and O–H groups in total. The fourth-order valence-corrected chi connectivity index (χ4v) is 6.86. The molecule has 5 rings (SSSR count). The number of hydrogen-bond acceptors (Lipinski definition) is 3. The van der Waals surface area contributed by atoms with Crippen molar-refractivity contribution in [2.45, 2.75) is 41.9 Å². The molecule has 5 nitrogen and oxygen atoms in total. The van der Waals surface area contributed by atoms with E-state index in [1.54, 1.807) is 23.2 Å². The summed E-state index contributed by atoms with van der Waals surface area (Å²) in [5.74, 6) is -0.0959. The topological polar surface area (TPSA) is 53.5 Å². The fraction of sp³-hybridized carbons (Fsp3) is 0.270. The van der Waals surface area contributed by atoms with Crippen molar-refractivity contribution in [2.75, 3.05) is 13.1 Å². The standard InChI is InChI=1S/C37H35F3IN3O2/c38-37(39,40)31-17-14-27(15-18-31)16-19-33(45)44(26-32-13-7-8-22-42-32)35(34(41)30-11-5-2-6-12-30)36(46)43-23-20-29(21-24-43)25-28-9-3-1-4-10-28/h1-19,22,29,34-35H,20-21,23-26H2. The zero-order valence-electron chi connectivity index (χ0n) is 25.2. The van der Waals surface area contributed by atoms with Gasteiger partial charge in [-0.25, -0.2) is 0 Å². The van der Waals surface area contributed by atoms with Gasteiger partial charge in [-0.15, -0.1) is 0 Å². The van der Waals surface area contributed by atoms with Crippen molar-refractivity contribution in [3.63, 3.8) is 0 Å². The molecule has 1 aromatic heterocycles. The number of nitrogens with zero attached hydrogens (tertiary/aromatic N) is 3. The number of aromatic nitrogens is 1. The van der Waals surface area contributed by atoms with E-state index in [-0.39, 0.29) is 16.4 Å². The minimum atomic E-state index is -4.45. The van der Waals surface area contributed by atoms with Crippen LogP contribution in [-0.2, 0) is 28.7 Å². The van der Waals surface area contributed by atoms with Crippen LogP contribution in [0.5, 0.6) is 0 Å². The summed E-state index contributed by atoms with van der Waals surface area (Å²) >= 11 is 2.25. The van der Waals surface area contributed by atoms with Crippen molar-refractivity contribution in [1.82, 2.24) is 14.8 Å². The lowest BCUT2D eigenvalue weighted by molar-refractivity contribution is -0.145. The largest absolute Gasteiger partial charge is 0.416 e. The number of carbonyl (C=O) groups is 2. The van der Waals surface area contributed by atoms with Crippen molar-refractivity contribution < 1.29 is 22.8 Å². The number of hydrogen-bond donors (Lipinski definition) is 0. The van der Waals surface area contributed by atoms with Crippen molar-refractivity contribution in [2.24, 2.45) is 5.92 Å². The number of halogens is 4. The van der Waals surface area contributed by atoms with E-state index in [9.17, 15) is 22.8 Å². The number of amides is 2. The number of rotatable bonds is 10. The molecule has 2 amide bonds. The van der Waals surface area contributed by atoms with E-state index in [2.05, 4.69) is 39.7 Å². The van der Waals surface area contributed by atoms with Crippen molar-refractivity contribution in [1.29, 1.82) is 0 Å². The molecular weight excluding hydrogens is 702 g/mol. The minimum Gasteiger partial charge on any atom is -0.341 e. The second-order valence-corrected chi connectivity index (χ2v) is 12.8. The summed E-state index contributed by atoms with van der Waals surface area (Å²) in [6, 6.07) is 29.2. The first kappa shape index (κ1) is 33.4. The normalized spacial score (nSPS) is 15.4. The Labute approximate surface area is 281 Å². The number of alkyl halides is 4. The zero-order chi connectivity index (χ0) is 32.5. The van der Waals surface area contributed by atoms with Gasteiger partial charge in [0.05, 0.1) is 21.7 Å². The minimum absolute atomic E-state index is 0.0875. The summed E-state index contributed by atoms with van der Waals surface area (Å²) in [7, 11) is 0. The lowest BCUT2D eigenvalue weighted by atomic mass is 9.89. The molecule has 2 atom stereocenters. The van der Waals surface area contributed by atoms with Gasteiger partial charge in [0.25, 0.3) is 0 Å². The Balaban J connectivity index is 1.42. The third-order valence-corrected chi connectivity index (χ3v) is 9.68. The van der Waals surface area contributed by atoms with E-state index in [4.69, 9.17) is 0 Å². The first-order valence-corrected chi connectivity index (χ1v) is 16.5. The molecule has 46 heavy (non-hydrogen) atoms. The Morgan fingerprint density at radius 1 is 0.891 bits per heavy atom. The molecule has 0 bridgehead atoms. The number of piperidine rings is 1. The van der Waals surface area contributed by atoms with Gasteiger partial charge < -0.3 is 9.80 Å². The molecule has 2 heterocycles. The molecule has 238 valence electrons. The van der Waals surface area contributed by atoms with Gasteiger partial charge in [0, 0.05) is 25.4 Å². The van der Waals surface area contributed by atoms with Crippen molar-refractivity contribution >= 4 is 40.5 Å². The Kier molecular flexibility index (Phi) is 11.3. The van der Waals surface area contributed by atoms with Crippen LogP contribution in [0, 0.1) is 5.92 Å². The molecule has 1 aliphatic heterocycles. The van der Waals surface area contributed by atoms with Gasteiger partial charge in [-0.1, -0.05) is 101 Å². The van der Waals surface area contributed by atoms with Crippen molar-refractivity contribution in [3.05, 3.63) is 143 Å². The molecule has 4 aromatic rings. The van der Waals surface area contributed by atoms with Crippen LogP contribution in [0.4, 0.5) is 13.2 Å². The van der Waals surface area contributed by atoms with Crippen LogP contribution in [0.25, 0.3) is 6.08 Å². The number of benzene rings is 3. The lowest BCUT2D eigenvalue weighted by Crippen LogP contribution is -2.53. The molecule has 0 saturated carbocycles. The van der Waals surface area contributed by atoms with Crippen molar-refractivity contribution in [3.8, 4) is 0 Å². The average Bonchev–Trinajstić information content (AvgIpc) is 3.08. The molecule has 0 spiro atoms. The van der Waals surface area contributed by atoms with Crippen LogP contribution in [0.3, 0.4) is 0 Å². The highest BCUT2D eigenvalue weighted by Gasteiger charge is 2.39. The molecule has 9 heteroatoms. The SMILES string of the molecule is O=C(C(C(I)c1ccccc1)N(Cc1ccccn1)C(=O)C=Cc1ccc(C(F)(F)F)cc1)N1CCC(Cc2ccccc2)CC1. The Hall–Kier alpha value is -3.99. The Morgan fingerprint density at radius 2 is 1.52 bits per heavy atom. The zero-order valence-corrected chi connectivity index (χ0v) is 27.3. The van der Waals surface area contributed by atoms with E-state index < -0.39 is 23.7 Å². The molecule has 1 saturated heterocycles. The highest BCUT2D eigenvalue weighted by Crippen LogP contribution is 2.34. The smallest absolute Gasteiger partial charge is 0.341 e. The van der Waals surface area contributed by atoms with E-state index in [1.807, 2.05) is 59.5 Å². The molecule has 3 aromatic carbocycles. The summed E-state index contributed by atoms with van der Waals surface area (Å²) in [4.78, 5) is 36.4. The van der Waals surface area contributed by atoms with Crippen LogP contribution in [0.15, 0.2) is 115 Å². The van der Waals surface area contributed by atoms with E-state index >= 15 is 0 Å². The maximum absolute atomic E-state index is 14.5. The van der Waals surface area contributed by atoms with Gasteiger partial charge in [-0.3, -0.25) is 14.6 Å². The quantitative estimate of drug-likeness (QED) is 0.0938. The van der Waals surface area contributed by atoms with Crippen LogP contribution in [-0.4, -0.2) is 45.7 Å². The molecular formula is C37H35F3IN3O2. The first-order valence-electron chi connectivity index (χ1n) is 15.3. The molecule has 1 fully saturated rings. The Bertz CT molecular complexity index is 1590. The van der Waals surface area contributed by atoms with E-state index in [0.29, 0.717) is 30.3 Å². The Morgan fingerprint density at radius 3 is 2.13 bits per heavy atom. The highest BCUT2D eigenvalue weighted by atomic mass is 127. The molecule has 0 aliphatic carbocycles. The second-order valence-electron chi connectivity index (χ2n) is 11.5. The summed E-state index contributed by atoms with van der Waals surface area (Å²) < 4.78 is 38.9. The van der Waals surface area contributed by atoms with Gasteiger partial charge >= 0.3 is 6.18 Å². The maximum Gasteiger partial charge on any atom is 0.416 e. The predicted octanol–water partition coefficient (Wildman–Crippen LogP) is 8.17. The van der Waals surface area contributed by atoms with Crippen LogP contribution in [0.1, 0.15) is 44.7 Å². The highest BCUT2D eigenvalue weighted by molar-refractivity contribution is 14.1. The lowest BCUT2D eigenvalue weighted by Gasteiger charge is -2.39. The third kappa shape index (κ3) is 8.84. The molecule has 0 radical (unpaired) electrons. The summed E-state index contributed by atoms with van der Waals surface area (Å²) in [6.07, 6.45) is 2.70. The van der Waals surface area contributed by atoms with Gasteiger partial charge in [0.1, 0.15) is 6.04 Å². The van der Waals surface area contributed by atoms with Gasteiger partial charge in [-0.2, -0.15) is 13.2 Å². The van der Waals surface area contributed by atoms with Crippen LogP contribution < -0.4 is 0 Å². The maximum atomic E-state index is 14.5. The molecule has 1 aliphatic rings. The molecule has 2 unspecified atom stereocenters. The first-order chi connectivity index (χ1) is 22.2. The van der Waals surface area contributed by atoms with E-state index in [0.717, 1.165) is 37.0 Å². The van der Waals surface area contributed by atoms with Crippen LogP contribution in [0.2, 0.25) is 0 Å². The predicted molar refractivity (Wildman–Crippen MR) is 182 cm³/mol.